The number of ether oxygens (including phenoxy) is 1. The molecule has 2 heterocycles. The second-order valence-corrected chi connectivity index (χ2v) is 9.33. The van der Waals surface area contributed by atoms with Crippen molar-refractivity contribution in [3.63, 3.8) is 0 Å². The van der Waals surface area contributed by atoms with Crippen molar-refractivity contribution in [1.82, 2.24) is 9.88 Å². The normalized spacial score (nSPS) is 15.0. The average Bonchev–Trinajstić information content (AvgIpc) is 2.92. The van der Waals surface area contributed by atoms with E-state index in [0.717, 1.165) is 28.0 Å². The lowest BCUT2D eigenvalue weighted by Crippen LogP contribution is -2.45. The highest BCUT2D eigenvalue weighted by atomic mass is 16.5. The Bertz CT molecular complexity index is 1480. The molecule has 184 valence electrons. The summed E-state index contributed by atoms with van der Waals surface area (Å²) < 4.78 is 6.21. The first kappa shape index (κ1) is 24.2. The Balaban J connectivity index is 1.34. The average molecular weight is 490 g/mol. The Morgan fingerprint density at radius 3 is 2.70 bits per heavy atom. The van der Waals surface area contributed by atoms with E-state index in [1.165, 1.54) is 22.9 Å². The van der Waals surface area contributed by atoms with Crippen LogP contribution >= 0.6 is 0 Å². The van der Waals surface area contributed by atoms with Crippen molar-refractivity contribution < 1.29 is 14.6 Å². The van der Waals surface area contributed by atoms with E-state index in [2.05, 4.69) is 48.3 Å². The van der Waals surface area contributed by atoms with Crippen LogP contribution in [0.25, 0.3) is 11.1 Å². The SMILES string of the molecule is Cc1c(COc2ccc3c(c2)CN(Cc2cncc(C#N)c2)[C@H](C(=O)O)C3)cccc1-c1ccccc1. The number of benzene rings is 3. The molecule has 3 aromatic carbocycles. The minimum absolute atomic E-state index is 0.398. The van der Waals surface area contributed by atoms with Crippen LogP contribution in [0.15, 0.2) is 85.2 Å². The van der Waals surface area contributed by atoms with Gasteiger partial charge in [-0.25, -0.2) is 0 Å². The molecular formula is C31H27N3O3. The number of aromatic nitrogens is 1. The number of hydrogen-bond acceptors (Lipinski definition) is 5. The van der Waals surface area contributed by atoms with Crippen LogP contribution in [-0.4, -0.2) is 27.0 Å². The summed E-state index contributed by atoms with van der Waals surface area (Å²) in [6.07, 6.45) is 3.60. The smallest absolute Gasteiger partial charge is 0.321 e. The number of aliphatic carboxylic acids is 1. The van der Waals surface area contributed by atoms with Gasteiger partial charge >= 0.3 is 5.97 Å². The largest absolute Gasteiger partial charge is 0.489 e. The third-order valence-electron chi connectivity index (χ3n) is 6.93. The molecule has 1 N–H and O–H groups in total. The highest BCUT2D eigenvalue weighted by Gasteiger charge is 2.31. The van der Waals surface area contributed by atoms with Crippen molar-refractivity contribution >= 4 is 5.97 Å². The van der Waals surface area contributed by atoms with Crippen LogP contribution < -0.4 is 4.74 Å². The quantitative estimate of drug-likeness (QED) is 0.368. The van der Waals surface area contributed by atoms with E-state index in [-0.39, 0.29) is 0 Å². The summed E-state index contributed by atoms with van der Waals surface area (Å²) in [5, 5.41) is 19.1. The summed E-state index contributed by atoms with van der Waals surface area (Å²) in [5.74, 6) is -0.103. The standard InChI is InChI=1S/C31H27N3O3/c1-21-26(8-5-9-29(21)24-6-3-2-4-7-24)20-37-28-11-10-25-14-30(31(35)36)34(19-27(25)13-28)18-23-12-22(15-32)16-33-17-23/h2-13,16-17,30H,14,18-20H2,1H3,(H,35,36)/t30-/m0/s1. The number of hydrogen-bond donors (Lipinski definition) is 1. The molecule has 1 aromatic heterocycles. The molecule has 0 fully saturated rings. The predicted molar refractivity (Wildman–Crippen MR) is 141 cm³/mol. The van der Waals surface area contributed by atoms with Gasteiger partial charge in [0, 0.05) is 25.5 Å². The van der Waals surface area contributed by atoms with E-state index in [0.29, 0.717) is 31.7 Å². The van der Waals surface area contributed by atoms with Gasteiger partial charge in [-0.1, -0.05) is 54.6 Å². The van der Waals surface area contributed by atoms with E-state index in [1.54, 1.807) is 12.3 Å². The Kier molecular flexibility index (Phi) is 6.98. The number of pyridine rings is 1. The molecule has 0 bridgehead atoms. The highest BCUT2D eigenvalue weighted by Crippen LogP contribution is 2.30. The number of carboxylic acids is 1. The summed E-state index contributed by atoms with van der Waals surface area (Å²) in [4.78, 5) is 18.1. The fourth-order valence-corrected chi connectivity index (χ4v) is 4.92. The van der Waals surface area contributed by atoms with Crippen LogP contribution in [0.5, 0.6) is 5.75 Å². The minimum atomic E-state index is -0.857. The zero-order chi connectivity index (χ0) is 25.8. The lowest BCUT2D eigenvalue weighted by Gasteiger charge is -2.34. The maximum absolute atomic E-state index is 12.0. The fraction of sp³-hybridized carbons (Fsp3) is 0.194. The second kappa shape index (κ2) is 10.7. The lowest BCUT2D eigenvalue weighted by molar-refractivity contribution is -0.144. The van der Waals surface area contributed by atoms with Gasteiger partial charge in [-0.2, -0.15) is 5.26 Å². The van der Waals surface area contributed by atoms with Crippen molar-refractivity contribution in [2.45, 2.75) is 39.1 Å². The van der Waals surface area contributed by atoms with Crippen molar-refractivity contribution in [2.24, 2.45) is 0 Å². The molecular weight excluding hydrogens is 462 g/mol. The number of carbonyl (C=O) groups is 1. The summed E-state index contributed by atoms with van der Waals surface area (Å²) in [6.45, 7) is 3.44. The predicted octanol–water partition coefficient (Wildman–Crippen LogP) is 5.52. The molecule has 0 aliphatic carbocycles. The topological polar surface area (TPSA) is 86.5 Å². The van der Waals surface area contributed by atoms with Crippen molar-refractivity contribution in [3.8, 4) is 22.9 Å². The van der Waals surface area contributed by atoms with Crippen LogP contribution in [0.3, 0.4) is 0 Å². The minimum Gasteiger partial charge on any atom is -0.489 e. The number of fused-ring (bicyclic) bond motifs is 1. The molecule has 0 amide bonds. The fourth-order valence-electron chi connectivity index (χ4n) is 4.92. The molecule has 0 saturated carbocycles. The van der Waals surface area contributed by atoms with Gasteiger partial charge in [-0.05, 0) is 70.5 Å². The molecule has 0 spiro atoms. The van der Waals surface area contributed by atoms with Gasteiger partial charge in [0.05, 0.1) is 5.56 Å². The highest BCUT2D eigenvalue weighted by molar-refractivity contribution is 5.74. The van der Waals surface area contributed by atoms with Gasteiger partial charge in [-0.3, -0.25) is 14.7 Å². The van der Waals surface area contributed by atoms with Crippen molar-refractivity contribution in [2.75, 3.05) is 0 Å². The zero-order valence-electron chi connectivity index (χ0n) is 20.6. The second-order valence-electron chi connectivity index (χ2n) is 9.33. The number of nitriles is 1. The van der Waals surface area contributed by atoms with Gasteiger partial charge < -0.3 is 9.84 Å². The molecule has 0 unspecified atom stereocenters. The van der Waals surface area contributed by atoms with E-state index in [9.17, 15) is 15.2 Å². The van der Waals surface area contributed by atoms with E-state index in [1.807, 2.05) is 41.3 Å². The molecule has 1 aliphatic rings. The first-order valence-corrected chi connectivity index (χ1v) is 12.2. The van der Waals surface area contributed by atoms with Gasteiger partial charge in [0.2, 0.25) is 0 Å². The van der Waals surface area contributed by atoms with Crippen LogP contribution in [0.1, 0.15) is 33.4 Å². The van der Waals surface area contributed by atoms with Gasteiger partial charge in [0.25, 0.3) is 0 Å². The first-order chi connectivity index (χ1) is 18.0. The Morgan fingerprint density at radius 2 is 1.92 bits per heavy atom. The molecule has 5 rings (SSSR count). The monoisotopic (exact) mass is 489 g/mol. The van der Waals surface area contributed by atoms with Gasteiger partial charge in [0.15, 0.2) is 0 Å². The first-order valence-electron chi connectivity index (χ1n) is 12.2. The summed E-state index contributed by atoms with van der Waals surface area (Å²) >= 11 is 0. The molecule has 6 nitrogen and oxygen atoms in total. The Labute approximate surface area is 216 Å². The van der Waals surface area contributed by atoms with Crippen LogP contribution in [0.4, 0.5) is 0 Å². The van der Waals surface area contributed by atoms with Crippen molar-refractivity contribution in [3.05, 3.63) is 119 Å². The maximum Gasteiger partial charge on any atom is 0.321 e. The van der Waals surface area contributed by atoms with E-state index in [4.69, 9.17) is 4.74 Å². The van der Waals surface area contributed by atoms with Crippen LogP contribution in [0, 0.1) is 18.3 Å². The third kappa shape index (κ3) is 5.37. The zero-order valence-corrected chi connectivity index (χ0v) is 20.6. The van der Waals surface area contributed by atoms with Gasteiger partial charge in [0.1, 0.15) is 24.5 Å². The van der Waals surface area contributed by atoms with E-state index < -0.39 is 12.0 Å². The van der Waals surface area contributed by atoms with Crippen LogP contribution in [0.2, 0.25) is 0 Å². The number of nitrogens with zero attached hydrogens (tertiary/aromatic N) is 3. The Morgan fingerprint density at radius 1 is 1.08 bits per heavy atom. The number of carboxylic acid groups (broad SMARTS) is 1. The molecule has 0 saturated heterocycles. The van der Waals surface area contributed by atoms with E-state index >= 15 is 0 Å². The van der Waals surface area contributed by atoms with Crippen LogP contribution in [-0.2, 0) is 30.9 Å². The summed E-state index contributed by atoms with van der Waals surface area (Å²) in [5.41, 5.74) is 8.03. The molecule has 1 aliphatic heterocycles. The molecule has 0 radical (unpaired) electrons. The summed E-state index contributed by atoms with van der Waals surface area (Å²) in [7, 11) is 0. The summed E-state index contributed by atoms with van der Waals surface area (Å²) in [6, 6.07) is 25.7. The molecule has 4 aromatic rings. The molecule has 37 heavy (non-hydrogen) atoms. The Hall–Kier alpha value is -4.47. The third-order valence-corrected chi connectivity index (χ3v) is 6.93. The van der Waals surface area contributed by atoms with Crippen molar-refractivity contribution in [1.29, 1.82) is 5.26 Å². The molecule has 1 atom stereocenters. The lowest BCUT2D eigenvalue weighted by atomic mass is 9.93. The number of rotatable bonds is 7. The molecule has 6 heteroatoms. The van der Waals surface area contributed by atoms with Gasteiger partial charge in [-0.15, -0.1) is 0 Å². The maximum atomic E-state index is 12.0.